The lowest BCUT2D eigenvalue weighted by Crippen LogP contribution is -1.91. The van der Waals surface area contributed by atoms with Crippen molar-refractivity contribution < 1.29 is 0 Å². The molecule has 0 saturated carbocycles. The van der Waals surface area contributed by atoms with Gasteiger partial charge in [-0.05, 0) is 42.2 Å². The fourth-order valence-electron chi connectivity index (χ4n) is 1.61. The number of nitriles is 1. The van der Waals surface area contributed by atoms with E-state index >= 15 is 0 Å². The molecular formula is C15H12N. The van der Waals surface area contributed by atoms with Crippen LogP contribution in [0.3, 0.4) is 0 Å². The minimum Gasteiger partial charge on any atom is -0.192 e. The van der Waals surface area contributed by atoms with E-state index in [2.05, 4.69) is 18.2 Å². The molecule has 0 amide bonds. The summed E-state index contributed by atoms with van der Waals surface area (Å²) in [4.78, 5) is 0. The van der Waals surface area contributed by atoms with Gasteiger partial charge in [-0.25, -0.2) is 0 Å². The van der Waals surface area contributed by atoms with Crippen molar-refractivity contribution in [1.29, 1.82) is 5.26 Å². The van der Waals surface area contributed by atoms with Crippen molar-refractivity contribution in [3.8, 4) is 6.07 Å². The Hall–Kier alpha value is -2.07. The van der Waals surface area contributed by atoms with E-state index in [1.807, 2.05) is 42.5 Å². The Morgan fingerprint density at radius 3 is 2.44 bits per heavy atom. The largest absolute Gasteiger partial charge is 0.192 e. The van der Waals surface area contributed by atoms with Crippen molar-refractivity contribution in [3.63, 3.8) is 0 Å². The number of rotatable bonds is 3. The van der Waals surface area contributed by atoms with Crippen LogP contribution in [-0.2, 0) is 12.8 Å². The molecule has 0 spiro atoms. The van der Waals surface area contributed by atoms with Crippen LogP contribution >= 0.6 is 0 Å². The Balaban J connectivity index is 1.98. The first kappa shape index (κ1) is 10.4. The molecule has 0 aliphatic heterocycles. The molecule has 0 N–H and O–H groups in total. The van der Waals surface area contributed by atoms with Gasteiger partial charge < -0.3 is 0 Å². The van der Waals surface area contributed by atoms with E-state index < -0.39 is 0 Å². The van der Waals surface area contributed by atoms with Crippen LogP contribution in [0.15, 0.2) is 48.5 Å². The summed E-state index contributed by atoms with van der Waals surface area (Å²) >= 11 is 0. The van der Waals surface area contributed by atoms with Gasteiger partial charge in [0, 0.05) is 0 Å². The maximum Gasteiger partial charge on any atom is 0.0991 e. The molecule has 0 fully saturated rings. The second-order valence-corrected chi connectivity index (χ2v) is 3.70. The van der Waals surface area contributed by atoms with Gasteiger partial charge in [0.1, 0.15) is 0 Å². The summed E-state index contributed by atoms with van der Waals surface area (Å²) in [6.45, 7) is 0. The zero-order valence-corrected chi connectivity index (χ0v) is 8.98. The zero-order valence-electron chi connectivity index (χ0n) is 8.98. The molecule has 0 aliphatic rings. The van der Waals surface area contributed by atoms with Gasteiger partial charge in [-0.3, -0.25) is 0 Å². The molecule has 0 aliphatic carbocycles. The summed E-state index contributed by atoms with van der Waals surface area (Å²) in [6, 6.07) is 21.1. The highest BCUT2D eigenvalue weighted by atomic mass is 14.2. The lowest BCUT2D eigenvalue weighted by atomic mass is 10.0. The molecule has 0 bridgehead atoms. The number of nitrogens with zero attached hydrogens (tertiary/aromatic N) is 1. The van der Waals surface area contributed by atoms with Crippen LogP contribution in [0.4, 0.5) is 0 Å². The van der Waals surface area contributed by atoms with Gasteiger partial charge in [0.25, 0.3) is 0 Å². The highest BCUT2D eigenvalue weighted by molar-refractivity contribution is 5.32. The van der Waals surface area contributed by atoms with Crippen molar-refractivity contribution in [2.24, 2.45) is 0 Å². The van der Waals surface area contributed by atoms with Crippen molar-refractivity contribution in [1.82, 2.24) is 0 Å². The Morgan fingerprint density at radius 1 is 1.00 bits per heavy atom. The van der Waals surface area contributed by atoms with E-state index in [0.717, 1.165) is 18.4 Å². The van der Waals surface area contributed by atoms with Gasteiger partial charge in [0.2, 0.25) is 0 Å². The molecule has 0 saturated heterocycles. The number of hydrogen-bond donors (Lipinski definition) is 0. The minimum absolute atomic E-state index is 0.718. The lowest BCUT2D eigenvalue weighted by Gasteiger charge is -2.01. The minimum atomic E-state index is 0.718. The standard InChI is InChI=1S/C15H12N/c16-12-15-10-8-14(9-11-15)7-6-13-4-2-1-3-5-13/h1-4,8-11H,6-7H2. The summed E-state index contributed by atoms with van der Waals surface area (Å²) in [7, 11) is 0. The summed E-state index contributed by atoms with van der Waals surface area (Å²) < 4.78 is 0. The van der Waals surface area contributed by atoms with Gasteiger partial charge in [-0.15, -0.1) is 0 Å². The molecule has 1 heteroatoms. The normalized spacial score (nSPS) is 9.69. The summed E-state index contributed by atoms with van der Waals surface area (Å²) in [5.41, 5.74) is 3.21. The van der Waals surface area contributed by atoms with Crippen LogP contribution in [0, 0.1) is 17.4 Å². The summed E-state index contributed by atoms with van der Waals surface area (Å²) in [6.07, 6.45) is 1.99. The van der Waals surface area contributed by atoms with E-state index in [1.54, 1.807) is 0 Å². The molecule has 1 radical (unpaired) electrons. The van der Waals surface area contributed by atoms with E-state index in [9.17, 15) is 0 Å². The number of hydrogen-bond acceptors (Lipinski definition) is 1. The van der Waals surface area contributed by atoms with Gasteiger partial charge in [0.15, 0.2) is 0 Å². The predicted molar refractivity (Wildman–Crippen MR) is 63.8 cm³/mol. The average molecular weight is 206 g/mol. The maximum absolute atomic E-state index is 8.68. The number of aryl methyl sites for hydroxylation is 2. The number of benzene rings is 2. The molecular weight excluding hydrogens is 194 g/mol. The third-order valence-electron chi connectivity index (χ3n) is 2.54. The highest BCUT2D eigenvalue weighted by Crippen LogP contribution is 2.08. The Kier molecular flexibility index (Phi) is 3.35. The first-order chi connectivity index (χ1) is 7.88. The predicted octanol–water partition coefficient (Wildman–Crippen LogP) is 3.14. The van der Waals surface area contributed by atoms with Gasteiger partial charge >= 0.3 is 0 Å². The van der Waals surface area contributed by atoms with Gasteiger partial charge in [-0.1, -0.05) is 36.4 Å². The van der Waals surface area contributed by atoms with E-state index in [-0.39, 0.29) is 0 Å². The molecule has 2 rings (SSSR count). The van der Waals surface area contributed by atoms with Crippen LogP contribution in [0.5, 0.6) is 0 Å². The van der Waals surface area contributed by atoms with Gasteiger partial charge in [-0.2, -0.15) is 5.26 Å². The average Bonchev–Trinajstić information content (AvgIpc) is 2.38. The third-order valence-corrected chi connectivity index (χ3v) is 2.54. The lowest BCUT2D eigenvalue weighted by molar-refractivity contribution is 0.958. The maximum atomic E-state index is 8.68. The molecule has 77 valence electrons. The van der Waals surface area contributed by atoms with Crippen LogP contribution in [-0.4, -0.2) is 0 Å². The van der Waals surface area contributed by atoms with Crippen molar-refractivity contribution in [2.75, 3.05) is 0 Å². The van der Waals surface area contributed by atoms with E-state index in [1.165, 1.54) is 11.1 Å². The van der Waals surface area contributed by atoms with Crippen LogP contribution in [0.2, 0.25) is 0 Å². The monoisotopic (exact) mass is 206 g/mol. The summed E-state index contributed by atoms with van der Waals surface area (Å²) in [5.74, 6) is 0. The van der Waals surface area contributed by atoms with E-state index in [0.29, 0.717) is 0 Å². The van der Waals surface area contributed by atoms with Crippen molar-refractivity contribution in [3.05, 3.63) is 71.3 Å². The fraction of sp³-hybridized carbons (Fsp3) is 0.133. The summed E-state index contributed by atoms with van der Waals surface area (Å²) in [5, 5.41) is 8.68. The Bertz CT molecular complexity index is 477. The van der Waals surface area contributed by atoms with Gasteiger partial charge in [0.05, 0.1) is 11.6 Å². The molecule has 0 heterocycles. The molecule has 0 atom stereocenters. The van der Waals surface area contributed by atoms with Crippen LogP contribution < -0.4 is 0 Å². The molecule has 2 aromatic carbocycles. The molecule has 16 heavy (non-hydrogen) atoms. The molecule has 0 unspecified atom stereocenters. The molecule has 0 aromatic heterocycles. The van der Waals surface area contributed by atoms with Crippen LogP contribution in [0.25, 0.3) is 0 Å². The quantitative estimate of drug-likeness (QED) is 0.756. The SMILES string of the molecule is N#Cc1ccc(CCc2[c]cccc2)cc1. The first-order valence-electron chi connectivity index (χ1n) is 5.33. The van der Waals surface area contributed by atoms with Crippen LogP contribution in [0.1, 0.15) is 16.7 Å². The highest BCUT2D eigenvalue weighted by Gasteiger charge is 1.96. The first-order valence-corrected chi connectivity index (χ1v) is 5.33. The van der Waals surface area contributed by atoms with Crippen molar-refractivity contribution in [2.45, 2.75) is 12.8 Å². The Morgan fingerprint density at radius 2 is 1.81 bits per heavy atom. The third kappa shape index (κ3) is 2.71. The topological polar surface area (TPSA) is 23.8 Å². The smallest absolute Gasteiger partial charge is 0.0991 e. The fourth-order valence-corrected chi connectivity index (χ4v) is 1.61. The second kappa shape index (κ2) is 5.14. The zero-order chi connectivity index (χ0) is 11.2. The molecule has 1 nitrogen and oxygen atoms in total. The van der Waals surface area contributed by atoms with Crippen molar-refractivity contribution >= 4 is 0 Å². The second-order valence-electron chi connectivity index (χ2n) is 3.70. The Labute approximate surface area is 96.0 Å². The molecule has 2 aromatic rings. The van der Waals surface area contributed by atoms with E-state index in [4.69, 9.17) is 5.26 Å².